The van der Waals surface area contributed by atoms with Crippen LogP contribution in [0.25, 0.3) is 0 Å². The molecule has 1 aliphatic heterocycles. The van der Waals surface area contributed by atoms with Crippen LogP contribution in [0.5, 0.6) is 11.5 Å². The second-order valence-corrected chi connectivity index (χ2v) is 8.47. The third-order valence-electron chi connectivity index (χ3n) is 5.81. The normalized spacial score (nSPS) is 21.2. The molecule has 176 valence electrons. The van der Waals surface area contributed by atoms with Crippen LogP contribution in [-0.4, -0.2) is 67.9 Å². The molecule has 0 unspecified atom stereocenters. The summed E-state index contributed by atoms with van der Waals surface area (Å²) in [4.78, 5) is 5.99. The van der Waals surface area contributed by atoms with E-state index in [4.69, 9.17) is 9.47 Å². The Bertz CT molecular complexity index is 1050. The summed E-state index contributed by atoms with van der Waals surface area (Å²) in [6.45, 7) is 4.16. The first-order valence-corrected chi connectivity index (χ1v) is 11.0. The molecule has 1 saturated heterocycles. The van der Waals surface area contributed by atoms with Gasteiger partial charge in [-0.15, -0.1) is 0 Å². The number of likely N-dealkylation sites (tertiary alicyclic amines) is 1. The Labute approximate surface area is 192 Å². The predicted octanol–water partition coefficient (Wildman–Crippen LogP) is 2.18. The van der Waals surface area contributed by atoms with Gasteiger partial charge in [0.15, 0.2) is 0 Å². The number of ether oxygens (including phenoxy) is 2. The van der Waals surface area contributed by atoms with E-state index < -0.39 is 11.7 Å². The molecule has 3 aromatic rings. The molecule has 4 rings (SSSR count). The molecule has 9 heteroatoms. The van der Waals surface area contributed by atoms with Gasteiger partial charge in [0.2, 0.25) is 0 Å². The van der Waals surface area contributed by atoms with Crippen molar-refractivity contribution in [2.75, 3.05) is 26.3 Å². The average molecular weight is 457 g/mol. The maximum atomic E-state index is 13.5. The van der Waals surface area contributed by atoms with Gasteiger partial charge in [-0.3, -0.25) is 4.90 Å². The fourth-order valence-corrected chi connectivity index (χ4v) is 3.93. The molecule has 1 aromatic heterocycles. The molecule has 0 aliphatic carbocycles. The minimum Gasteiger partial charge on any atom is -0.492 e. The zero-order chi connectivity index (χ0) is 23.3. The summed E-state index contributed by atoms with van der Waals surface area (Å²) in [7, 11) is 0. The number of piperidine rings is 1. The lowest BCUT2D eigenvalue weighted by Crippen LogP contribution is -2.59. The van der Waals surface area contributed by atoms with Crippen LogP contribution in [0.3, 0.4) is 0 Å². The highest BCUT2D eigenvalue weighted by Gasteiger charge is 2.42. The molecule has 0 spiro atoms. The SMILES string of the molecule is Cc1cc(OC[C@@]2(O)CN(Cc3cccc(OCCn4cncn4)c3)CC[C@@H]2O)ccc1F. The molecule has 2 heterocycles. The van der Waals surface area contributed by atoms with Crippen molar-refractivity contribution in [2.45, 2.75) is 38.1 Å². The van der Waals surface area contributed by atoms with E-state index >= 15 is 0 Å². The lowest BCUT2D eigenvalue weighted by atomic mass is 9.90. The molecular formula is C24H29FN4O4. The minimum atomic E-state index is -1.42. The molecule has 33 heavy (non-hydrogen) atoms. The first-order chi connectivity index (χ1) is 15.9. The van der Waals surface area contributed by atoms with E-state index in [2.05, 4.69) is 15.0 Å². The number of aryl methyl sites for hydroxylation is 1. The molecule has 0 saturated carbocycles. The Kier molecular flexibility index (Phi) is 7.22. The van der Waals surface area contributed by atoms with Gasteiger partial charge in [0.1, 0.15) is 48.8 Å². The van der Waals surface area contributed by atoms with Crippen molar-refractivity contribution in [3.63, 3.8) is 0 Å². The van der Waals surface area contributed by atoms with Crippen LogP contribution in [0.2, 0.25) is 0 Å². The Morgan fingerprint density at radius 3 is 2.82 bits per heavy atom. The van der Waals surface area contributed by atoms with Gasteiger partial charge in [-0.2, -0.15) is 5.10 Å². The van der Waals surface area contributed by atoms with Crippen LogP contribution in [-0.2, 0) is 13.1 Å². The summed E-state index contributed by atoms with van der Waals surface area (Å²) < 4.78 is 26.7. The van der Waals surface area contributed by atoms with Crippen LogP contribution >= 0.6 is 0 Å². The van der Waals surface area contributed by atoms with Crippen molar-refractivity contribution in [2.24, 2.45) is 0 Å². The van der Waals surface area contributed by atoms with E-state index in [1.165, 1.54) is 18.5 Å². The third kappa shape index (κ3) is 6.07. The molecule has 2 atom stereocenters. The number of aliphatic hydroxyl groups excluding tert-OH is 1. The van der Waals surface area contributed by atoms with Gasteiger partial charge in [-0.1, -0.05) is 12.1 Å². The number of hydrogen-bond donors (Lipinski definition) is 2. The Hall–Kier alpha value is -3.01. The van der Waals surface area contributed by atoms with E-state index in [0.29, 0.717) is 44.0 Å². The largest absolute Gasteiger partial charge is 0.492 e. The summed E-state index contributed by atoms with van der Waals surface area (Å²) in [5, 5.41) is 25.6. The highest BCUT2D eigenvalue weighted by atomic mass is 19.1. The van der Waals surface area contributed by atoms with Crippen LogP contribution in [0.4, 0.5) is 4.39 Å². The fraction of sp³-hybridized carbons (Fsp3) is 0.417. The molecule has 2 aromatic carbocycles. The summed E-state index contributed by atoms with van der Waals surface area (Å²) in [6.07, 6.45) is 2.66. The zero-order valence-corrected chi connectivity index (χ0v) is 18.6. The van der Waals surface area contributed by atoms with Gasteiger partial charge in [0.25, 0.3) is 0 Å². The van der Waals surface area contributed by atoms with Gasteiger partial charge in [-0.25, -0.2) is 14.1 Å². The van der Waals surface area contributed by atoms with E-state index in [1.807, 2.05) is 24.3 Å². The van der Waals surface area contributed by atoms with Gasteiger partial charge in [0, 0.05) is 19.6 Å². The Morgan fingerprint density at radius 2 is 2.03 bits per heavy atom. The number of rotatable bonds is 9. The second-order valence-electron chi connectivity index (χ2n) is 8.47. The number of aromatic nitrogens is 3. The van der Waals surface area contributed by atoms with Crippen molar-refractivity contribution >= 4 is 0 Å². The van der Waals surface area contributed by atoms with E-state index in [-0.39, 0.29) is 19.0 Å². The molecule has 8 nitrogen and oxygen atoms in total. The van der Waals surface area contributed by atoms with Crippen LogP contribution in [0.1, 0.15) is 17.5 Å². The van der Waals surface area contributed by atoms with Gasteiger partial charge in [-0.05, 0) is 54.8 Å². The monoisotopic (exact) mass is 456 g/mol. The van der Waals surface area contributed by atoms with Crippen LogP contribution in [0, 0.1) is 12.7 Å². The first-order valence-electron chi connectivity index (χ1n) is 11.0. The molecule has 0 radical (unpaired) electrons. The summed E-state index contributed by atoms with van der Waals surface area (Å²) in [6, 6.07) is 12.3. The highest BCUT2D eigenvalue weighted by Crippen LogP contribution is 2.26. The standard InChI is InChI=1S/C24H29FN4O4/c1-18-11-21(5-6-22(18)25)33-15-24(31)14-28(8-7-23(24)30)13-19-3-2-4-20(12-19)32-10-9-29-17-26-16-27-29/h2-6,11-12,16-17,23,30-31H,7-10,13-15H2,1H3/t23-,24-/m0/s1. The van der Waals surface area contributed by atoms with Crippen molar-refractivity contribution in [3.05, 3.63) is 72.1 Å². The number of halogens is 1. The Morgan fingerprint density at radius 1 is 1.18 bits per heavy atom. The van der Waals surface area contributed by atoms with E-state index in [9.17, 15) is 14.6 Å². The molecule has 1 aliphatic rings. The molecule has 0 bridgehead atoms. The maximum absolute atomic E-state index is 13.5. The summed E-state index contributed by atoms with van der Waals surface area (Å²) in [5.41, 5.74) is 0.0858. The number of hydrogen-bond acceptors (Lipinski definition) is 7. The van der Waals surface area contributed by atoms with Crippen molar-refractivity contribution < 1.29 is 24.1 Å². The number of β-amino-alcohol motifs (C(OH)–C–C–N with tert-alkyl or cyclic N) is 1. The predicted molar refractivity (Wildman–Crippen MR) is 119 cm³/mol. The quantitative estimate of drug-likeness (QED) is 0.510. The van der Waals surface area contributed by atoms with E-state index in [0.717, 1.165) is 11.3 Å². The summed E-state index contributed by atoms with van der Waals surface area (Å²) in [5.74, 6) is 0.909. The van der Waals surface area contributed by atoms with Crippen molar-refractivity contribution in [1.29, 1.82) is 0 Å². The number of aliphatic hydroxyl groups is 2. The third-order valence-corrected chi connectivity index (χ3v) is 5.81. The van der Waals surface area contributed by atoms with Crippen LogP contribution in [0.15, 0.2) is 55.1 Å². The smallest absolute Gasteiger partial charge is 0.137 e. The second kappa shape index (κ2) is 10.3. The summed E-state index contributed by atoms with van der Waals surface area (Å²) >= 11 is 0. The fourth-order valence-electron chi connectivity index (χ4n) is 3.93. The van der Waals surface area contributed by atoms with Crippen molar-refractivity contribution in [1.82, 2.24) is 19.7 Å². The average Bonchev–Trinajstić information content (AvgIpc) is 3.31. The van der Waals surface area contributed by atoms with Crippen molar-refractivity contribution in [3.8, 4) is 11.5 Å². The highest BCUT2D eigenvalue weighted by molar-refractivity contribution is 5.29. The van der Waals surface area contributed by atoms with Gasteiger partial charge >= 0.3 is 0 Å². The minimum absolute atomic E-state index is 0.0822. The topological polar surface area (TPSA) is 92.9 Å². The Balaban J connectivity index is 1.33. The first kappa shape index (κ1) is 23.2. The molecule has 2 N–H and O–H groups in total. The lowest BCUT2D eigenvalue weighted by molar-refractivity contribution is -0.140. The number of benzene rings is 2. The number of nitrogens with zero attached hydrogens (tertiary/aromatic N) is 4. The van der Waals surface area contributed by atoms with E-state index in [1.54, 1.807) is 24.0 Å². The molecular weight excluding hydrogens is 427 g/mol. The van der Waals surface area contributed by atoms with Gasteiger partial charge in [0.05, 0.1) is 12.6 Å². The lowest BCUT2D eigenvalue weighted by Gasteiger charge is -2.42. The molecule has 1 fully saturated rings. The van der Waals surface area contributed by atoms with Gasteiger partial charge < -0.3 is 19.7 Å². The maximum Gasteiger partial charge on any atom is 0.137 e. The zero-order valence-electron chi connectivity index (χ0n) is 18.6. The molecule has 0 amide bonds. The van der Waals surface area contributed by atoms with Crippen LogP contribution < -0.4 is 9.47 Å².